The summed E-state index contributed by atoms with van der Waals surface area (Å²) >= 11 is 0. The van der Waals surface area contributed by atoms with Crippen LogP contribution >= 0.6 is 0 Å². The van der Waals surface area contributed by atoms with Crippen LogP contribution in [-0.2, 0) is 16.4 Å². The molecule has 0 radical (unpaired) electrons. The lowest BCUT2D eigenvalue weighted by Crippen LogP contribution is -2.16. The Bertz CT molecular complexity index is 1450. The fraction of sp³-hybridized carbons (Fsp3) is 0.160. The molecule has 0 aliphatic carbocycles. The highest BCUT2D eigenvalue weighted by Crippen LogP contribution is 2.37. The molecule has 0 unspecified atom stereocenters. The maximum Gasteiger partial charge on any atom is 0.234 e. The number of aromatic nitrogens is 1. The largest absolute Gasteiger partial charge is 0.486 e. The van der Waals surface area contributed by atoms with Crippen LogP contribution in [0.4, 0.5) is 10.3 Å². The first-order chi connectivity index (χ1) is 16.4. The lowest BCUT2D eigenvalue weighted by atomic mass is 10.1. The average Bonchev–Trinajstić information content (AvgIpc) is 3.28. The highest BCUT2D eigenvalue weighted by Gasteiger charge is 2.30. The number of anilines is 1. The zero-order chi connectivity index (χ0) is 23.7. The van der Waals surface area contributed by atoms with Crippen LogP contribution in [0.5, 0.6) is 11.5 Å². The Hall–Kier alpha value is -3.85. The molecular formula is C25H21FN2O5S. The van der Waals surface area contributed by atoms with E-state index in [0.717, 1.165) is 11.1 Å². The maximum atomic E-state index is 14.4. The minimum Gasteiger partial charge on any atom is -0.486 e. The molecule has 4 aromatic rings. The highest BCUT2D eigenvalue weighted by molar-refractivity contribution is 7.91. The van der Waals surface area contributed by atoms with Crippen molar-refractivity contribution in [1.82, 2.24) is 4.98 Å². The maximum absolute atomic E-state index is 14.4. The number of sulfone groups is 1. The quantitative estimate of drug-likeness (QED) is 0.415. The van der Waals surface area contributed by atoms with Gasteiger partial charge in [-0.25, -0.2) is 12.8 Å². The molecule has 5 rings (SSSR count). The summed E-state index contributed by atoms with van der Waals surface area (Å²) in [4.78, 5) is 4.16. The van der Waals surface area contributed by atoms with E-state index in [9.17, 15) is 12.8 Å². The first kappa shape index (κ1) is 22.0. The van der Waals surface area contributed by atoms with Crippen molar-refractivity contribution in [3.05, 3.63) is 83.7 Å². The molecule has 3 aromatic carbocycles. The second-order valence-corrected chi connectivity index (χ2v) is 9.65. The Kier molecular flexibility index (Phi) is 5.70. The van der Waals surface area contributed by atoms with Crippen molar-refractivity contribution in [2.24, 2.45) is 0 Å². The normalized spacial score (nSPS) is 13.0. The number of benzene rings is 3. The van der Waals surface area contributed by atoms with Crippen LogP contribution < -0.4 is 14.8 Å². The molecule has 0 saturated heterocycles. The molecule has 0 fully saturated rings. The monoisotopic (exact) mass is 480 g/mol. The summed E-state index contributed by atoms with van der Waals surface area (Å²) in [5.41, 5.74) is 2.08. The number of nitrogens with zero attached hydrogens (tertiary/aromatic N) is 1. The van der Waals surface area contributed by atoms with Crippen molar-refractivity contribution in [1.29, 1.82) is 0 Å². The van der Waals surface area contributed by atoms with E-state index in [1.807, 2.05) is 31.2 Å². The number of oxazole rings is 1. The first-order valence-electron chi connectivity index (χ1n) is 10.6. The van der Waals surface area contributed by atoms with E-state index in [4.69, 9.17) is 13.9 Å². The van der Waals surface area contributed by atoms with Gasteiger partial charge in [-0.15, -0.1) is 0 Å². The Balaban J connectivity index is 1.56. The molecule has 1 aliphatic rings. The molecular weight excluding hydrogens is 459 g/mol. The van der Waals surface area contributed by atoms with Gasteiger partial charge in [0.1, 0.15) is 19.0 Å². The van der Waals surface area contributed by atoms with Gasteiger partial charge >= 0.3 is 0 Å². The third kappa shape index (κ3) is 4.22. The zero-order valence-electron chi connectivity index (χ0n) is 18.2. The summed E-state index contributed by atoms with van der Waals surface area (Å²) in [5, 5.41) is 2.67. The van der Waals surface area contributed by atoms with Crippen molar-refractivity contribution in [3.8, 4) is 23.0 Å². The first-order valence-corrected chi connectivity index (χ1v) is 12.1. The molecule has 174 valence electrons. The summed E-state index contributed by atoms with van der Waals surface area (Å²) in [7, 11) is -4.14. The molecule has 1 aromatic heterocycles. The summed E-state index contributed by atoms with van der Waals surface area (Å²) in [5.74, 6) is 0.0147. The van der Waals surface area contributed by atoms with Gasteiger partial charge in [-0.1, -0.05) is 42.0 Å². The van der Waals surface area contributed by atoms with Crippen molar-refractivity contribution in [2.45, 2.75) is 23.4 Å². The molecule has 0 amide bonds. The predicted molar refractivity (Wildman–Crippen MR) is 123 cm³/mol. The molecule has 0 atom stereocenters. The van der Waals surface area contributed by atoms with Crippen molar-refractivity contribution in [3.63, 3.8) is 0 Å². The van der Waals surface area contributed by atoms with Crippen LogP contribution in [0, 0.1) is 12.7 Å². The average molecular weight is 481 g/mol. The second-order valence-electron chi connectivity index (χ2n) is 7.78. The van der Waals surface area contributed by atoms with Gasteiger partial charge in [-0.2, -0.15) is 4.98 Å². The Labute approximate surface area is 196 Å². The minimum absolute atomic E-state index is 0.0384. The van der Waals surface area contributed by atoms with Crippen LogP contribution in [0.1, 0.15) is 11.1 Å². The van der Waals surface area contributed by atoms with Crippen molar-refractivity contribution < 1.29 is 26.7 Å². The van der Waals surface area contributed by atoms with Gasteiger partial charge in [0.05, 0.1) is 10.5 Å². The van der Waals surface area contributed by atoms with E-state index in [2.05, 4.69) is 10.3 Å². The molecule has 0 saturated carbocycles. The molecule has 1 N–H and O–H groups in total. The number of nitrogens with one attached hydrogen (secondary N) is 1. The molecule has 0 spiro atoms. The number of hydrogen-bond acceptors (Lipinski definition) is 7. The van der Waals surface area contributed by atoms with Gasteiger partial charge in [0.25, 0.3) is 0 Å². The van der Waals surface area contributed by atoms with E-state index in [-0.39, 0.29) is 33.8 Å². The highest BCUT2D eigenvalue weighted by atomic mass is 32.2. The van der Waals surface area contributed by atoms with Crippen molar-refractivity contribution in [2.75, 3.05) is 18.5 Å². The molecule has 0 bridgehead atoms. The fourth-order valence-corrected chi connectivity index (χ4v) is 4.83. The number of hydrogen-bond donors (Lipinski definition) is 1. The van der Waals surface area contributed by atoms with Gasteiger partial charge in [-0.3, -0.25) is 0 Å². The summed E-state index contributed by atoms with van der Waals surface area (Å²) in [6.45, 7) is 2.98. The van der Waals surface area contributed by atoms with Crippen molar-refractivity contribution >= 4 is 15.7 Å². The third-order valence-electron chi connectivity index (χ3n) is 5.35. The standard InChI is InChI=1S/C25H21FN2O5S/c1-16-6-8-17(9-7-16)15-27-24-25(28-23(33-24)19-4-2-3-5-20(19)26)34(29,30)18-10-11-21-22(14-18)32-13-12-31-21/h2-11,14,27H,12-13,15H2,1H3. The van der Waals surface area contributed by atoms with E-state index in [1.165, 1.54) is 30.3 Å². The van der Waals surface area contributed by atoms with Crippen LogP contribution in [0.2, 0.25) is 0 Å². The summed E-state index contributed by atoms with van der Waals surface area (Å²) in [6, 6.07) is 18.0. The van der Waals surface area contributed by atoms with Crippen LogP contribution in [0.25, 0.3) is 11.5 Å². The minimum atomic E-state index is -4.14. The van der Waals surface area contributed by atoms with Gasteiger partial charge in [0.2, 0.25) is 26.6 Å². The Morgan fingerprint density at radius 3 is 2.47 bits per heavy atom. The van der Waals surface area contributed by atoms with Gasteiger partial charge in [0, 0.05) is 12.6 Å². The Morgan fingerprint density at radius 2 is 1.71 bits per heavy atom. The van der Waals surface area contributed by atoms with E-state index >= 15 is 0 Å². The predicted octanol–water partition coefficient (Wildman–Crippen LogP) is 5.01. The smallest absolute Gasteiger partial charge is 0.234 e. The SMILES string of the molecule is Cc1ccc(CNc2oc(-c3ccccc3F)nc2S(=O)(=O)c2ccc3c(c2)OCCO3)cc1. The molecule has 9 heteroatoms. The van der Waals surface area contributed by atoms with Crippen LogP contribution in [0.3, 0.4) is 0 Å². The van der Waals surface area contributed by atoms with E-state index in [0.29, 0.717) is 24.7 Å². The van der Waals surface area contributed by atoms with Gasteiger partial charge in [0.15, 0.2) is 11.5 Å². The Morgan fingerprint density at radius 1 is 0.971 bits per heavy atom. The molecule has 34 heavy (non-hydrogen) atoms. The lowest BCUT2D eigenvalue weighted by molar-refractivity contribution is 0.171. The van der Waals surface area contributed by atoms with Gasteiger partial charge < -0.3 is 19.2 Å². The number of aryl methyl sites for hydroxylation is 1. The number of rotatable bonds is 6. The molecule has 7 nitrogen and oxygen atoms in total. The summed E-state index contributed by atoms with van der Waals surface area (Å²) < 4.78 is 58.3. The number of fused-ring (bicyclic) bond motifs is 1. The van der Waals surface area contributed by atoms with Gasteiger partial charge in [-0.05, 0) is 36.8 Å². The van der Waals surface area contributed by atoms with Crippen LogP contribution in [-0.4, -0.2) is 26.6 Å². The summed E-state index contributed by atoms with van der Waals surface area (Å²) in [6.07, 6.45) is 0. The van der Waals surface area contributed by atoms with E-state index in [1.54, 1.807) is 12.1 Å². The number of ether oxygens (including phenoxy) is 2. The zero-order valence-corrected chi connectivity index (χ0v) is 19.1. The lowest BCUT2D eigenvalue weighted by Gasteiger charge is -2.18. The van der Waals surface area contributed by atoms with Crippen LogP contribution in [0.15, 0.2) is 81.1 Å². The number of halogens is 1. The van der Waals surface area contributed by atoms with E-state index < -0.39 is 15.7 Å². The topological polar surface area (TPSA) is 90.7 Å². The fourth-order valence-electron chi connectivity index (χ4n) is 3.54. The third-order valence-corrected chi connectivity index (χ3v) is 7.01. The second kappa shape index (κ2) is 8.83. The molecule has 2 heterocycles. The molecule has 1 aliphatic heterocycles.